The molecule has 5 nitrogen and oxygen atoms in total. The molecule has 1 aromatic rings. The van der Waals surface area contributed by atoms with Crippen molar-refractivity contribution in [2.45, 2.75) is 24.3 Å². The van der Waals surface area contributed by atoms with Crippen LogP contribution in [0, 0.1) is 5.92 Å². The molecule has 2 rings (SSSR count). The van der Waals surface area contributed by atoms with Gasteiger partial charge in [-0.05, 0) is 31.4 Å². The molecule has 0 saturated carbocycles. The van der Waals surface area contributed by atoms with Crippen molar-refractivity contribution in [2.24, 2.45) is 16.8 Å². The smallest absolute Gasteiger partial charge is 0.240 e. The van der Waals surface area contributed by atoms with E-state index < -0.39 is 10.0 Å². The van der Waals surface area contributed by atoms with E-state index in [-0.39, 0.29) is 10.9 Å². The molecule has 100 valence electrons. The predicted octanol–water partition coefficient (Wildman–Crippen LogP) is 0.508. The Morgan fingerprint density at radius 2 is 2.06 bits per heavy atom. The summed E-state index contributed by atoms with van der Waals surface area (Å²) >= 11 is 0. The Hall–Kier alpha value is -1.11. The highest BCUT2D eigenvalue weighted by atomic mass is 32.2. The fourth-order valence-corrected chi connectivity index (χ4v) is 3.15. The molecule has 0 aliphatic carbocycles. The van der Waals surface area contributed by atoms with Gasteiger partial charge in [0.05, 0.1) is 5.69 Å². The van der Waals surface area contributed by atoms with Crippen LogP contribution in [0.5, 0.6) is 0 Å². The standard InChI is InChI=1S/C12H19N3O2S/c1-9(13)10-6-7-15(8-10)11-4-2-3-5-12(11)18(14,16)17/h2-5,9-10H,6-8,13H2,1H3,(H2,14,16,17). The summed E-state index contributed by atoms with van der Waals surface area (Å²) in [6.45, 7) is 3.59. The number of rotatable bonds is 3. The SMILES string of the molecule is CC(N)C1CCN(c2ccccc2S(N)(=O)=O)C1. The van der Waals surface area contributed by atoms with Gasteiger partial charge in [0.2, 0.25) is 10.0 Å². The maximum atomic E-state index is 11.6. The Kier molecular flexibility index (Phi) is 3.61. The molecule has 2 unspecified atom stereocenters. The Morgan fingerprint density at radius 3 is 2.61 bits per heavy atom. The first-order chi connectivity index (χ1) is 8.39. The van der Waals surface area contributed by atoms with E-state index in [1.807, 2.05) is 17.9 Å². The lowest BCUT2D eigenvalue weighted by Gasteiger charge is -2.22. The largest absolute Gasteiger partial charge is 0.370 e. The van der Waals surface area contributed by atoms with Gasteiger partial charge in [-0.3, -0.25) is 0 Å². The number of primary sulfonamides is 1. The Morgan fingerprint density at radius 1 is 1.39 bits per heavy atom. The van der Waals surface area contributed by atoms with Crippen LogP contribution in [0.2, 0.25) is 0 Å². The lowest BCUT2D eigenvalue weighted by atomic mass is 10.0. The number of sulfonamides is 1. The van der Waals surface area contributed by atoms with Gasteiger partial charge in [0, 0.05) is 19.1 Å². The second-order valence-corrected chi connectivity index (χ2v) is 6.40. The van der Waals surface area contributed by atoms with E-state index >= 15 is 0 Å². The summed E-state index contributed by atoms with van der Waals surface area (Å²) in [6.07, 6.45) is 0.983. The number of hydrogen-bond acceptors (Lipinski definition) is 4. The maximum Gasteiger partial charge on any atom is 0.240 e. The highest BCUT2D eigenvalue weighted by Gasteiger charge is 2.28. The number of benzene rings is 1. The summed E-state index contributed by atoms with van der Waals surface area (Å²) in [7, 11) is -3.68. The molecule has 0 amide bonds. The molecule has 1 heterocycles. The lowest BCUT2D eigenvalue weighted by Crippen LogP contribution is -2.30. The van der Waals surface area contributed by atoms with Crippen molar-refractivity contribution in [3.63, 3.8) is 0 Å². The van der Waals surface area contributed by atoms with Crippen LogP contribution in [-0.4, -0.2) is 27.5 Å². The van der Waals surface area contributed by atoms with Gasteiger partial charge in [-0.2, -0.15) is 0 Å². The van der Waals surface area contributed by atoms with Gasteiger partial charge in [0.1, 0.15) is 4.90 Å². The summed E-state index contributed by atoms with van der Waals surface area (Å²) < 4.78 is 23.1. The molecule has 1 aliphatic rings. The fourth-order valence-electron chi connectivity index (χ4n) is 2.39. The molecule has 0 radical (unpaired) electrons. The molecule has 4 N–H and O–H groups in total. The highest BCUT2D eigenvalue weighted by Crippen LogP contribution is 2.29. The molecule has 6 heteroatoms. The minimum absolute atomic E-state index is 0.122. The Balaban J connectivity index is 2.31. The van der Waals surface area contributed by atoms with Crippen LogP contribution in [0.25, 0.3) is 0 Å². The Bertz CT molecular complexity index is 528. The number of para-hydroxylation sites is 1. The van der Waals surface area contributed by atoms with Gasteiger partial charge in [0.15, 0.2) is 0 Å². The van der Waals surface area contributed by atoms with E-state index in [0.717, 1.165) is 19.5 Å². The van der Waals surface area contributed by atoms with Crippen molar-refractivity contribution in [1.82, 2.24) is 0 Å². The minimum atomic E-state index is -3.68. The lowest BCUT2D eigenvalue weighted by molar-refractivity contribution is 0.488. The maximum absolute atomic E-state index is 11.6. The van der Waals surface area contributed by atoms with Gasteiger partial charge >= 0.3 is 0 Å². The summed E-state index contributed by atoms with van der Waals surface area (Å²) in [5.74, 6) is 0.401. The number of anilines is 1. The first-order valence-corrected chi connectivity index (χ1v) is 7.56. The molecule has 18 heavy (non-hydrogen) atoms. The third-order valence-electron chi connectivity index (χ3n) is 3.48. The highest BCUT2D eigenvalue weighted by molar-refractivity contribution is 7.89. The molecule has 2 atom stereocenters. The zero-order chi connectivity index (χ0) is 13.3. The van der Waals surface area contributed by atoms with Gasteiger partial charge in [-0.1, -0.05) is 12.1 Å². The van der Waals surface area contributed by atoms with E-state index in [0.29, 0.717) is 11.6 Å². The molecular weight excluding hydrogens is 250 g/mol. The third-order valence-corrected chi connectivity index (χ3v) is 4.44. The van der Waals surface area contributed by atoms with Gasteiger partial charge in [0.25, 0.3) is 0 Å². The van der Waals surface area contributed by atoms with Crippen molar-refractivity contribution in [1.29, 1.82) is 0 Å². The quantitative estimate of drug-likeness (QED) is 0.836. The van der Waals surface area contributed by atoms with E-state index in [1.54, 1.807) is 18.2 Å². The third kappa shape index (κ3) is 2.66. The topological polar surface area (TPSA) is 89.4 Å². The van der Waals surface area contributed by atoms with E-state index in [4.69, 9.17) is 10.9 Å². The van der Waals surface area contributed by atoms with Crippen molar-refractivity contribution in [3.05, 3.63) is 24.3 Å². The second-order valence-electron chi connectivity index (χ2n) is 4.87. The number of hydrogen-bond donors (Lipinski definition) is 2. The molecule has 1 aromatic carbocycles. The zero-order valence-electron chi connectivity index (χ0n) is 10.4. The average Bonchev–Trinajstić information content (AvgIpc) is 2.77. The summed E-state index contributed by atoms with van der Waals surface area (Å²) in [6, 6.07) is 6.97. The minimum Gasteiger partial charge on any atom is -0.370 e. The predicted molar refractivity (Wildman–Crippen MR) is 71.8 cm³/mol. The Labute approximate surface area is 108 Å². The normalized spacial score (nSPS) is 22.2. The van der Waals surface area contributed by atoms with E-state index in [2.05, 4.69) is 0 Å². The molecule has 0 bridgehead atoms. The monoisotopic (exact) mass is 269 g/mol. The summed E-state index contributed by atoms with van der Waals surface area (Å²) in [5.41, 5.74) is 6.58. The molecular formula is C12H19N3O2S. The molecule has 0 aromatic heterocycles. The van der Waals surface area contributed by atoms with E-state index in [1.165, 1.54) is 0 Å². The average molecular weight is 269 g/mol. The van der Waals surface area contributed by atoms with Crippen LogP contribution in [0.4, 0.5) is 5.69 Å². The summed E-state index contributed by atoms with van der Waals surface area (Å²) in [4.78, 5) is 2.24. The van der Waals surface area contributed by atoms with Crippen LogP contribution < -0.4 is 15.8 Å². The number of nitrogens with two attached hydrogens (primary N) is 2. The molecule has 0 spiro atoms. The first kappa shape index (κ1) is 13.3. The molecule has 1 aliphatic heterocycles. The second kappa shape index (κ2) is 4.87. The van der Waals surface area contributed by atoms with Crippen LogP contribution in [0.1, 0.15) is 13.3 Å². The van der Waals surface area contributed by atoms with Crippen LogP contribution in [0.3, 0.4) is 0 Å². The van der Waals surface area contributed by atoms with Crippen LogP contribution >= 0.6 is 0 Å². The van der Waals surface area contributed by atoms with Crippen LogP contribution in [-0.2, 0) is 10.0 Å². The zero-order valence-corrected chi connectivity index (χ0v) is 11.2. The first-order valence-electron chi connectivity index (χ1n) is 6.02. The summed E-state index contributed by atoms with van der Waals surface area (Å²) in [5, 5.41) is 5.24. The van der Waals surface area contributed by atoms with Gasteiger partial charge < -0.3 is 10.6 Å². The van der Waals surface area contributed by atoms with E-state index in [9.17, 15) is 8.42 Å². The van der Waals surface area contributed by atoms with Gasteiger partial charge in [-0.25, -0.2) is 13.6 Å². The molecule has 1 saturated heterocycles. The van der Waals surface area contributed by atoms with Gasteiger partial charge in [-0.15, -0.1) is 0 Å². The van der Waals surface area contributed by atoms with Crippen molar-refractivity contribution < 1.29 is 8.42 Å². The number of nitrogens with zero attached hydrogens (tertiary/aromatic N) is 1. The van der Waals surface area contributed by atoms with Crippen molar-refractivity contribution >= 4 is 15.7 Å². The molecule has 1 fully saturated rings. The fraction of sp³-hybridized carbons (Fsp3) is 0.500. The van der Waals surface area contributed by atoms with Crippen molar-refractivity contribution in [2.75, 3.05) is 18.0 Å². The van der Waals surface area contributed by atoms with Crippen LogP contribution in [0.15, 0.2) is 29.2 Å². The van der Waals surface area contributed by atoms with Crippen molar-refractivity contribution in [3.8, 4) is 0 Å².